The molecule has 5 nitrogen and oxygen atoms in total. The number of nitrogens with zero attached hydrogens (tertiary/aromatic N) is 2. The molecule has 0 radical (unpaired) electrons. The van der Waals surface area contributed by atoms with Gasteiger partial charge in [-0.1, -0.05) is 6.92 Å². The second-order valence-electron chi connectivity index (χ2n) is 5.22. The molecule has 0 aliphatic carbocycles. The van der Waals surface area contributed by atoms with Gasteiger partial charge in [0.15, 0.2) is 0 Å². The van der Waals surface area contributed by atoms with E-state index in [1.54, 1.807) is 9.80 Å². The Morgan fingerprint density at radius 1 is 1.16 bits per heavy atom. The molecule has 0 spiro atoms. The highest BCUT2D eigenvalue weighted by molar-refractivity contribution is 5.92. The van der Waals surface area contributed by atoms with Crippen molar-refractivity contribution >= 4 is 11.8 Å². The average Bonchev–Trinajstić information content (AvgIpc) is 2.39. The van der Waals surface area contributed by atoms with E-state index in [0.717, 1.165) is 25.8 Å². The molecule has 110 valence electrons. The quantitative estimate of drug-likeness (QED) is 0.710. The zero-order valence-electron chi connectivity index (χ0n) is 12.4. The minimum atomic E-state index is 0.0688. The summed E-state index contributed by atoms with van der Waals surface area (Å²) in [6, 6.07) is 0.475. The first-order valence-electron chi connectivity index (χ1n) is 7.37. The lowest BCUT2D eigenvalue weighted by Gasteiger charge is -2.33. The van der Waals surface area contributed by atoms with Crippen LogP contribution in [0.4, 0.5) is 0 Å². The SMILES string of the molecule is CCCNC(C)CCCN1CC(=O)N(CC)CC1=O. The largest absolute Gasteiger partial charge is 0.332 e. The average molecular weight is 269 g/mol. The minimum Gasteiger partial charge on any atom is -0.332 e. The molecular formula is C14H27N3O2. The van der Waals surface area contributed by atoms with E-state index in [0.29, 0.717) is 19.1 Å². The van der Waals surface area contributed by atoms with Crippen LogP contribution in [0, 0.1) is 0 Å². The summed E-state index contributed by atoms with van der Waals surface area (Å²) < 4.78 is 0. The minimum absolute atomic E-state index is 0.0688. The van der Waals surface area contributed by atoms with Crippen LogP contribution in [0.2, 0.25) is 0 Å². The van der Waals surface area contributed by atoms with Gasteiger partial charge in [0.1, 0.15) is 0 Å². The highest BCUT2D eigenvalue weighted by Gasteiger charge is 2.28. The molecule has 0 aromatic heterocycles. The predicted octanol–water partition coefficient (Wildman–Crippen LogP) is 0.845. The molecule has 2 amide bonds. The summed E-state index contributed by atoms with van der Waals surface area (Å²) in [7, 11) is 0. The second kappa shape index (κ2) is 8.15. The highest BCUT2D eigenvalue weighted by atomic mass is 16.2. The Morgan fingerprint density at radius 2 is 1.79 bits per heavy atom. The first-order chi connectivity index (χ1) is 9.08. The van der Waals surface area contributed by atoms with E-state index in [-0.39, 0.29) is 24.9 Å². The van der Waals surface area contributed by atoms with Crippen molar-refractivity contribution < 1.29 is 9.59 Å². The number of rotatable bonds is 8. The first-order valence-corrected chi connectivity index (χ1v) is 7.37. The summed E-state index contributed by atoms with van der Waals surface area (Å²) >= 11 is 0. The van der Waals surface area contributed by atoms with Crippen LogP contribution in [-0.4, -0.2) is 60.4 Å². The summed E-state index contributed by atoms with van der Waals surface area (Å²) in [5.74, 6) is 0.148. The van der Waals surface area contributed by atoms with Gasteiger partial charge in [0.05, 0.1) is 13.1 Å². The monoisotopic (exact) mass is 269 g/mol. The molecule has 1 unspecified atom stereocenters. The standard InChI is InChI=1S/C14H27N3O2/c1-4-8-15-12(3)7-6-9-17-11-13(18)16(5-2)10-14(17)19/h12,15H,4-11H2,1-3H3. The first kappa shape index (κ1) is 16.0. The zero-order chi connectivity index (χ0) is 14.3. The van der Waals surface area contributed by atoms with Gasteiger partial charge in [0.25, 0.3) is 0 Å². The van der Waals surface area contributed by atoms with Crippen molar-refractivity contribution in [1.29, 1.82) is 0 Å². The van der Waals surface area contributed by atoms with Crippen LogP contribution in [0.1, 0.15) is 40.0 Å². The van der Waals surface area contributed by atoms with E-state index < -0.39 is 0 Å². The van der Waals surface area contributed by atoms with Crippen molar-refractivity contribution in [2.24, 2.45) is 0 Å². The van der Waals surface area contributed by atoms with Gasteiger partial charge in [0.2, 0.25) is 11.8 Å². The Morgan fingerprint density at radius 3 is 2.42 bits per heavy atom. The van der Waals surface area contributed by atoms with E-state index in [2.05, 4.69) is 19.2 Å². The number of nitrogens with one attached hydrogen (secondary N) is 1. The van der Waals surface area contributed by atoms with Crippen LogP contribution in [0.5, 0.6) is 0 Å². The Labute approximate surface area is 116 Å². The molecule has 1 rings (SSSR count). The third kappa shape index (κ3) is 5.19. The summed E-state index contributed by atoms with van der Waals surface area (Å²) in [5, 5.41) is 3.43. The van der Waals surface area contributed by atoms with Gasteiger partial charge in [-0.05, 0) is 39.7 Å². The molecule has 1 atom stereocenters. The predicted molar refractivity (Wildman–Crippen MR) is 75.8 cm³/mol. The van der Waals surface area contributed by atoms with Crippen LogP contribution < -0.4 is 5.32 Å². The van der Waals surface area contributed by atoms with Crippen LogP contribution in [-0.2, 0) is 9.59 Å². The third-order valence-electron chi connectivity index (χ3n) is 3.55. The maximum atomic E-state index is 11.9. The van der Waals surface area contributed by atoms with Crippen LogP contribution >= 0.6 is 0 Å². The van der Waals surface area contributed by atoms with Crippen LogP contribution in [0.25, 0.3) is 0 Å². The van der Waals surface area contributed by atoms with Crippen molar-refractivity contribution in [2.45, 2.75) is 46.1 Å². The molecule has 19 heavy (non-hydrogen) atoms. The number of amides is 2. The maximum absolute atomic E-state index is 11.9. The van der Waals surface area contributed by atoms with Crippen molar-refractivity contribution in [1.82, 2.24) is 15.1 Å². The third-order valence-corrected chi connectivity index (χ3v) is 3.55. The number of carbonyl (C=O) groups is 2. The van der Waals surface area contributed by atoms with Gasteiger partial charge in [-0.2, -0.15) is 0 Å². The zero-order valence-corrected chi connectivity index (χ0v) is 12.4. The van der Waals surface area contributed by atoms with Gasteiger partial charge in [0, 0.05) is 19.1 Å². The molecule has 1 aliphatic rings. The molecule has 1 saturated heterocycles. The van der Waals surface area contributed by atoms with Gasteiger partial charge < -0.3 is 15.1 Å². The van der Waals surface area contributed by atoms with Crippen molar-refractivity contribution in [3.63, 3.8) is 0 Å². The van der Waals surface area contributed by atoms with E-state index in [1.165, 1.54) is 0 Å². The number of piperazine rings is 1. The molecule has 0 bridgehead atoms. The summed E-state index contributed by atoms with van der Waals surface area (Å²) in [6.07, 6.45) is 3.12. The molecule has 1 aliphatic heterocycles. The van der Waals surface area contributed by atoms with Crippen molar-refractivity contribution in [3.8, 4) is 0 Å². The number of hydrogen-bond donors (Lipinski definition) is 1. The van der Waals surface area contributed by atoms with Crippen molar-refractivity contribution in [2.75, 3.05) is 32.7 Å². The lowest BCUT2D eigenvalue weighted by molar-refractivity contribution is -0.149. The molecule has 0 aromatic carbocycles. The summed E-state index contributed by atoms with van der Waals surface area (Å²) in [6.45, 7) is 9.07. The fourth-order valence-corrected chi connectivity index (χ4v) is 2.28. The number of hydrogen-bond acceptors (Lipinski definition) is 3. The van der Waals surface area contributed by atoms with Gasteiger partial charge in [-0.3, -0.25) is 9.59 Å². The molecule has 0 aromatic rings. The van der Waals surface area contributed by atoms with E-state index >= 15 is 0 Å². The Balaban J connectivity index is 2.26. The molecule has 1 N–H and O–H groups in total. The fourth-order valence-electron chi connectivity index (χ4n) is 2.28. The van der Waals surface area contributed by atoms with Gasteiger partial charge in [-0.25, -0.2) is 0 Å². The highest BCUT2D eigenvalue weighted by Crippen LogP contribution is 2.07. The van der Waals surface area contributed by atoms with Crippen LogP contribution in [0.3, 0.4) is 0 Å². The number of carbonyl (C=O) groups excluding carboxylic acids is 2. The summed E-state index contributed by atoms with van der Waals surface area (Å²) in [5.41, 5.74) is 0. The molecular weight excluding hydrogens is 242 g/mol. The molecule has 0 saturated carbocycles. The van der Waals surface area contributed by atoms with E-state index in [9.17, 15) is 9.59 Å². The maximum Gasteiger partial charge on any atom is 0.242 e. The molecule has 5 heteroatoms. The Hall–Kier alpha value is -1.10. The summed E-state index contributed by atoms with van der Waals surface area (Å²) in [4.78, 5) is 26.9. The second-order valence-corrected chi connectivity index (χ2v) is 5.22. The Bertz CT molecular complexity index is 307. The van der Waals surface area contributed by atoms with Crippen LogP contribution in [0.15, 0.2) is 0 Å². The van der Waals surface area contributed by atoms with Gasteiger partial charge in [-0.15, -0.1) is 0 Å². The topological polar surface area (TPSA) is 52.7 Å². The van der Waals surface area contributed by atoms with Crippen molar-refractivity contribution in [3.05, 3.63) is 0 Å². The normalized spacial score (nSPS) is 18.1. The lowest BCUT2D eigenvalue weighted by atomic mass is 10.1. The molecule has 1 heterocycles. The fraction of sp³-hybridized carbons (Fsp3) is 0.857. The van der Waals surface area contributed by atoms with E-state index in [1.807, 2.05) is 6.92 Å². The van der Waals surface area contributed by atoms with Gasteiger partial charge >= 0.3 is 0 Å². The number of likely N-dealkylation sites (N-methyl/N-ethyl adjacent to an activating group) is 1. The molecule has 1 fully saturated rings. The smallest absolute Gasteiger partial charge is 0.242 e. The Kier molecular flexibility index (Phi) is 6.84. The lowest BCUT2D eigenvalue weighted by Crippen LogP contribution is -2.53. The van der Waals surface area contributed by atoms with E-state index in [4.69, 9.17) is 0 Å².